The van der Waals surface area contributed by atoms with E-state index in [0.29, 0.717) is 6.61 Å². The summed E-state index contributed by atoms with van der Waals surface area (Å²) in [4.78, 5) is 2.40. The Bertz CT molecular complexity index is 921. The number of hydrogen-bond donors (Lipinski definition) is 0. The maximum absolute atomic E-state index is 6.04. The van der Waals surface area contributed by atoms with E-state index in [0.717, 1.165) is 12.3 Å². The van der Waals surface area contributed by atoms with Gasteiger partial charge in [0.15, 0.2) is 0 Å². The number of para-hydroxylation sites is 1. The first kappa shape index (κ1) is 19.9. The van der Waals surface area contributed by atoms with Crippen LogP contribution in [0.25, 0.3) is 0 Å². The lowest BCUT2D eigenvalue weighted by molar-refractivity contribution is 0.161. The highest BCUT2D eigenvalue weighted by Gasteiger charge is 2.40. The Hall–Kier alpha value is -3.36. The van der Waals surface area contributed by atoms with Crippen LogP contribution in [0.5, 0.6) is 5.75 Å². The number of ether oxygens (including phenoxy) is 1. The molecule has 0 spiro atoms. The summed E-state index contributed by atoms with van der Waals surface area (Å²) in [6, 6.07) is 42.2. The van der Waals surface area contributed by atoms with E-state index in [9.17, 15) is 0 Å². The summed E-state index contributed by atoms with van der Waals surface area (Å²) in [7, 11) is 2.18. The van der Waals surface area contributed by atoms with E-state index in [-0.39, 0.29) is 0 Å². The van der Waals surface area contributed by atoms with Crippen molar-refractivity contribution in [1.82, 2.24) is 4.90 Å². The molecule has 0 aliphatic heterocycles. The van der Waals surface area contributed by atoms with Gasteiger partial charge < -0.3 is 4.74 Å². The van der Waals surface area contributed by atoms with Crippen molar-refractivity contribution in [3.63, 3.8) is 0 Å². The van der Waals surface area contributed by atoms with Gasteiger partial charge in [-0.3, -0.25) is 4.90 Å². The molecule has 150 valence electrons. The minimum absolute atomic E-state index is 0.413. The third-order valence-electron chi connectivity index (χ3n) is 5.59. The van der Waals surface area contributed by atoms with Crippen LogP contribution in [0.3, 0.4) is 0 Å². The van der Waals surface area contributed by atoms with Crippen LogP contribution < -0.4 is 4.74 Å². The van der Waals surface area contributed by atoms with Crippen molar-refractivity contribution in [3.8, 4) is 5.75 Å². The van der Waals surface area contributed by atoms with E-state index in [1.807, 2.05) is 30.3 Å². The molecule has 0 bridgehead atoms. The van der Waals surface area contributed by atoms with Crippen molar-refractivity contribution in [1.29, 1.82) is 0 Å². The van der Waals surface area contributed by atoms with Gasteiger partial charge in [-0.15, -0.1) is 0 Å². The van der Waals surface area contributed by atoms with Gasteiger partial charge in [0.1, 0.15) is 12.4 Å². The molecule has 4 aromatic rings. The summed E-state index contributed by atoms with van der Waals surface area (Å²) in [6.07, 6.45) is 0. The largest absolute Gasteiger partial charge is 0.492 e. The summed E-state index contributed by atoms with van der Waals surface area (Å²) in [5.74, 6) is 0.899. The molecule has 0 saturated heterocycles. The Labute approximate surface area is 179 Å². The highest BCUT2D eigenvalue weighted by atomic mass is 16.5. The fourth-order valence-electron chi connectivity index (χ4n) is 4.18. The van der Waals surface area contributed by atoms with Gasteiger partial charge in [-0.2, -0.15) is 0 Å². The third-order valence-corrected chi connectivity index (χ3v) is 5.59. The normalized spacial score (nSPS) is 11.4. The van der Waals surface area contributed by atoms with Crippen LogP contribution in [0.4, 0.5) is 0 Å². The SMILES string of the molecule is CN(CCOc1ccccc1)C(c1ccccc1)(c1ccccc1)c1ccccc1. The van der Waals surface area contributed by atoms with Gasteiger partial charge in [-0.05, 0) is 35.9 Å². The minimum Gasteiger partial charge on any atom is -0.492 e. The molecule has 4 aromatic carbocycles. The number of rotatable bonds is 8. The van der Waals surface area contributed by atoms with Crippen LogP contribution in [0, 0.1) is 0 Å². The lowest BCUT2D eigenvalue weighted by Crippen LogP contribution is -2.47. The molecule has 0 aliphatic rings. The van der Waals surface area contributed by atoms with Crippen LogP contribution in [0.15, 0.2) is 121 Å². The van der Waals surface area contributed by atoms with Gasteiger partial charge in [-0.1, -0.05) is 109 Å². The van der Waals surface area contributed by atoms with Gasteiger partial charge in [0.05, 0.1) is 5.54 Å². The second-order valence-electron chi connectivity index (χ2n) is 7.39. The molecule has 0 N–H and O–H groups in total. The number of hydrogen-bond acceptors (Lipinski definition) is 2. The zero-order valence-corrected chi connectivity index (χ0v) is 17.3. The van der Waals surface area contributed by atoms with Gasteiger partial charge >= 0.3 is 0 Å². The molecule has 0 aliphatic carbocycles. The predicted octanol–water partition coefficient (Wildman–Crippen LogP) is 5.99. The molecule has 0 unspecified atom stereocenters. The summed E-state index contributed by atoms with van der Waals surface area (Å²) in [5.41, 5.74) is 3.31. The molecule has 4 rings (SSSR count). The zero-order chi connectivity index (χ0) is 20.7. The average Bonchev–Trinajstić information content (AvgIpc) is 2.82. The second kappa shape index (κ2) is 9.43. The molecular weight excluding hydrogens is 366 g/mol. The van der Waals surface area contributed by atoms with Crippen molar-refractivity contribution in [2.24, 2.45) is 0 Å². The zero-order valence-electron chi connectivity index (χ0n) is 17.3. The number of benzene rings is 4. The Morgan fingerprint density at radius 1 is 0.567 bits per heavy atom. The molecule has 0 heterocycles. The Morgan fingerprint density at radius 2 is 0.933 bits per heavy atom. The van der Waals surface area contributed by atoms with E-state index in [1.54, 1.807) is 0 Å². The lowest BCUT2D eigenvalue weighted by atomic mass is 9.76. The monoisotopic (exact) mass is 393 g/mol. The fraction of sp³-hybridized carbons (Fsp3) is 0.143. The molecule has 0 atom stereocenters. The first-order valence-corrected chi connectivity index (χ1v) is 10.4. The molecule has 2 heteroatoms. The van der Waals surface area contributed by atoms with Gasteiger partial charge in [0, 0.05) is 6.54 Å². The molecule has 0 aromatic heterocycles. The van der Waals surface area contributed by atoms with Gasteiger partial charge in [0.25, 0.3) is 0 Å². The van der Waals surface area contributed by atoms with Crippen molar-refractivity contribution in [2.75, 3.05) is 20.2 Å². The van der Waals surface area contributed by atoms with Gasteiger partial charge in [0.2, 0.25) is 0 Å². The van der Waals surface area contributed by atoms with E-state index in [2.05, 4.69) is 103 Å². The summed E-state index contributed by atoms with van der Waals surface area (Å²) < 4.78 is 6.04. The highest BCUT2D eigenvalue weighted by molar-refractivity contribution is 5.49. The van der Waals surface area contributed by atoms with Crippen LogP contribution in [0.2, 0.25) is 0 Å². The molecule has 30 heavy (non-hydrogen) atoms. The van der Waals surface area contributed by atoms with Crippen molar-refractivity contribution in [3.05, 3.63) is 138 Å². The van der Waals surface area contributed by atoms with Crippen LogP contribution in [-0.2, 0) is 5.54 Å². The standard InChI is InChI=1S/C28H27NO/c1-29(22-23-30-27-20-12-5-13-21-27)28(24-14-6-2-7-15-24,25-16-8-3-9-17-25)26-18-10-4-11-19-26/h2-21H,22-23H2,1H3. The Balaban J connectivity index is 1.76. The van der Waals surface area contributed by atoms with Gasteiger partial charge in [-0.25, -0.2) is 0 Å². The molecule has 0 fully saturated rings. The quantitative estimate of drug-likeness (QED) is 0.341. The molecule has 2 nitrogen and oxygen atoms in total. The lowest BCUT2D eigenvalue weighted by Gasteiger charge is -2.43. The van der Waals surface area contributed by atoms with E-state index in [4.69, 9.17) is 4.74 Å². The summed E-state index contributed by atoms with van der Waals surface area (Å²) in [5, 5.41) is 0. The minimum atomic E-state index is -0.413. The van der Waals surface area contributed by atoms with Crippen molar-refractivity contribution < 1.29 is 4.74 Å². The average molecular weight is 394 g/mol. The van der Waals surface area contributed by atoms with E-state index in [1.165, 1.54) is 16.7 Å². The molecule has 0 radical (unpaired) electrons. The third kappa shape index (κ3) is 4.00. The second-order valence-corrected chi connectivity index (χ2v) is 7.39. The smallest absolute Gasteiger partial charge is 0.119 e. The van der Waals surface area contributed by atoms with Crippen LogP contribution in [0.1, 0.15) is 16.7 Å². The first-order chi connectivity index (χ1) is 14.8. The first-order valence-electron chi connectivity index (χ1n) is 10.4. The van der Waals surface area contributed by atoms with Crippen molar-refractivity contribution in [2.45, 2.75) is 5.54 Å². The molecule has 0 amide bonds. The summed E-state index contributed by atoms with van der Waals surface area (Å²) in [6.45, 7) is 1.38. The van der Waals surface area contributed by atoms with Crippen LogP contribution >= 0.6 is 0 Å². The fourth-order valence-corrected chi connectivity index (χ4v) is 4.18. The maximum Gasteiger partial charge on any atom is 0.119 e. The highest BCUT2D eigenvalue weighted by Crippen LogP contribution is 2.41. The van der Waals surface area contributed by atoms with E-state index < -0.39 is 5.54 Å². The molecular formula is C28H27NO. The van der Waals surface area contributed by atoms with Crippen LogP contribution in [-0.4, -0.2) is 25.1 Å². The molecule has 0 saturated carbocycles. The van der Waals surface area contributed by atoms with Crippen molar-refractivity contribution >= 4 is 0 Å². The predicted molar refractivity (Wildman–Crippen MR) is 124 cm³/mol. The maximum atomic E-state index is 6.04. The Morgan fingerprint density at radius 3 is 1.33 bits per heavy atom. The Kier molecular flexibility index (Phi) is 6.26. The summed E-state index contributed by atoms with van der Waals surface area (Å²) >= 11 is 0. The number of likely N-dealkylation sites (N-methyl/N-ethyl adjacent to an activating group) is 1. The topological polar surface area (TPSA) is 12.5 Å². The van der Waals surface area contributed by atoms with E-state index >= 15 is 0 Å². The number of nitrogens with zero attached hydrogens (tertiary/aromatic N) is 1.